The van der Waals surface area contributed by atoms with Crippen molar-refractivity contribution in [2.45, 2.75) is 33.2 Å². The lowest BCUT2D eigenvalue weighted by Crippen LogP contribution is -2.41. The summed E-state index contributed by atoms with van der Waals surface area (Å²) in [5.41, 5.74) is 0.222. The highest BCUT2D eigenvalue weighted by atomic mass is 16.5. The maximum absolute atomic E-state index is 5.53. The van der Waals surface area contributed by atoms with E-state index in [1.165, 1.54) is 0 Å². The van der Waals surface area contributed by atoms with Crippen molar-refractivity contribution in [3.05, 3.63) is 0 Å². The van der Waals surface area contributed by atoms with Crippen molar-refractivity contribution >= 4 is 0 Å². The van der Waals surface area contributed by atoms with E-state index in [9.17, 15) is 0 Å². The minimum Gasteiger partial charge on any atom is -0.381 e. The first-order valence-electron chi connectivity index (χ1n) is 5.57. The molecule has 0 amide bonds. The van der Waals surface area contributed by atoms with Crippen LogP contribution in [0.2, 0.25) is 0 Å². The van der Waals surface area contributed by atoms with Crippen molar-refractivity contribution < 1.29 is 9.47 Å². The zero-order valence-corrected chi connectivity index (χ0v) is 9.64. The fraction of sp³-hybridized carbons (Fsp3) is 1.00. The quantitative estimate of drug-likeness (QED) is 0.705. The molecule has 1 unspecified atom stereocenters. The average molecular weight is 201 g/mol. The highest BCUT2D eigenvalue weighted by Gasteiger charge is 2.34. The molecule has 3 nitrogen and oxygen atoms in total. The van der Waals surface area contributed by atoms with Crippen molar-refractivity contribution in [1.29, 1.82) is 0 Å². The Labute approximate surface area is 87.2 Å². The molecule has 0 aromatic carbocycles. The van der Waals surface area contributed by atoms with Gasteiger partial charge in [-0.1, -0.05) is 13.8 Å². The van der Waals surface area contributed by atoms with Crippen LogP contribution in [0.25, 0.3) is 0 Å². The Morgan fingerprint density at radius 1 is 1.50 bits per heavy atom. The Morgan fingerprint density at radius 3 is 2.79 bits per heavy atom. The highest BCUT2D eigenvalue weighted by Crippen LogP contribution is 2.28. The summed E-state index contributed by atoms with van der Waals surface area (Å²) in [4.78, 5) is 0. The molecule has 1 aliphatic heterocycles. The van der Waals surface area contributed by atoms with Crippen molar-refractivity contribution in [3.63, 3.8) is 0 Å². The van der Waals surface area contributed by atoms with Crippen molar-refractivity contribution in [2.75, 3.05) is 33.0 Å². The van der Waals surface area contributed by atoms with Crippen LogP contribution in [0.5, 0.6) is 0 Å². The first-order chi connectivity index (χ1) is 6.68. The summed E-state index contributed by atoms with van der Waals surface area (Å²) in [6.45, 7) is 10.7. The summed E-state index contributed by atoms with van der Waals surface area (Å²) in [5.74, 6) is 0. The topological polar surface area (TPSA) is 30.5 Å². The molecular formula is C11H23NO2. The first-order valence-corrected chi connectivity index (χ1v) is 5.57. The molecule has 0 spiro atoms. The lowest BCUT2D eigenvalue weighted by Gasteiger charge is -2.28. The third-order valence-electron chi connectivity index (χ3n) is 2.68. The molecule has 3 heteroatoms. The van der Waals surface area contributed by atoms with Crippen LogP contribution in [-0.2, 0) is 9.47 Å². The Kier molecular flexibility index (Phi) is 4.85. The number of rotatable bonds is 6. The van der Waals surface area contributed by atoms with Crippen LogP contribution >= 0.6 is 0 Å². The van der Waals surface area contributed by atoms with Crippen molar-refractivity contribution in [3.8, 4) is 0 Å². The zero-order valence-electron chi connectivity index (χ0n) is 9.64. The fourth-order valence-electron chi connectivity index (χ4n) is 1.69. The molecule has 1 fully saturated rings. The lowest BCUT2D eigenvalue weighted by atomic mass is 9.88. The molecule has 14 heavy (non-hydrogen) atoms. The smallest absolute Gasteiger partial charge is 0.0557 e. The number of ether oxygens (including phenoxy) is 2. The van der Waals surface area contributed by atoms with Crippen LogP contribution in [0.4, 0.5) is 0 Å². The van der Waals surface area contributed by atoms with Crippen LogP contribution in [0.1, 0.15) is 27.2 Å². The van der Waals surface area contributed by atoms with Crippen LogP contribution in [-0.4, -0.2) is 39.0 Å². The van der Waals surface area contributed by atoms with E-state index in [-0.39, 0.29) is 5.41 Å². The lowest BCUT2D eigenvalue weighted by molar-refractivity contribution is 0.0389. The predicted molar refractivity (Wildman–Crippen MR) is 57.5 cm³/mol. The summed E-state index contributed by atoms with van der Waals surface area (Å²) in [7, 11) is 0. The van der Waals surface area contributed by atoms with Gasteiger partial charge in [0.15, 0.2) is 0 Å². The van der Waals surface area contributed by atoms with Crippen molar-refractivity contribution in [1.82, 2.24) is 5.32 Å². The number of hydrogen-bond acceptors (Lipinski definition) is 3. The van der Waals surface area contributed by atoms with Gasteiger partial charge in [0.05, 0.1) is 13.2 Å². The summed E-state index contributed by atoms with van der Waals surface area (Å²) < 4.78 is 11.0. The molecule has 0 radical (unpaired) electrons. The van der Waals surface area contributed by atoms with E-state index in [4.69, 9.17) is 9.47 Å². The van der Waals surface area contributed by atoms with Gasteiger partial charge < -0.3 is 14.8 Å². The molecule has 0 saturated carbocycles. The summed E-state index contributed by atoms with van der Waals surface area (Å²) in [6.07, 6.45) is 1.12. The predicted octanol–water partition coefficient (Wildman–Crippen LogP) is 1.43. The molecule has 1 heterocycles. The molecule has 0 aromatic heterocycles. The molecule has 1 saturated heterocycles. The normalized spacial score (nSPS) is 27.4. The van der Waals surface area contributed by atoms with Crippen LogP contribution in [0.3, 0.4) is 0 Å². The van der Waals surface area contributed by atoms with E-state index in [0.717, 1.165) is 39.4 Å². The molecule has 1 N–H and O–H groups in total. The van der Waals surface area contributed by atoms with Crippen molar-refractivity contribution in [2.24, 2.45) is 5.41 Å². The van der Waals surface area contributed by atoms with Gasteiger partial charge in [0.25, 0.3) is 0 Å². The zero-order chi connectivity index (χ0) is 10.4. The summed E-state index contributed by atoms with van der Waals surface area (Å²) in [6, 6.07) is 0.536. The third kappa shape index (κ3) is 3.56. The van der Waals surface area contributed by atoms with Gasteiger partial charge in [-0.2, -0.15) is 0 Å². The molecule has 0 bridgehead atoms. The molecule has 0 aromatic rings. The van der Waals surface area contributed by atoms with Crippen LogP contribution in [0.15, 0.2) is 0 Å². The molecule has 1 aliphatic rings. The summed E-state index contributed by atoms with van der Waals surface area (Å²) >= 11 is 0. The van der Waals surface area contributed by atoms with Gasteiger partial charge in [0.1, 0.15) is 0 Å². The second-order valence-corrected chi connectivity index (χ2v) is 4.48. The maximum Gasteiger partial charge on any atom is 0.0557 e. The Morgan fingerprint density at radius 2 is 2.29 bits per heavy atom. The Bertz CT molecular complexity index is 153. The van der Waals surface area contributed by atoms with E-state index in [2.05, 4.69) is 19.2 Å². The van der Waals surface area contributed by atoms with E-state index in [0.29, 0.717) is 6.04 Å². The Balaban J connectivity index is 2.36. The van der Waals surface area contributed by atoms with Gasteiger partial charge >= 0.3 is 0 Å². The van der Waals surface area contributed by atoms with E-state index >= 15 is 0 Å². The van der Waals surface area contributed by atoms with E-state index in [1.807, 2.05) is 6.92 Å². The van der Waals surface area contributed by atoms with Gasteiger partial charge in [0.2, 0.25) is 0 Å². The second-order valence-electron chi connectivity index (χ2n) is 4.48. The molecular weight excluding hydrogens is 178 g/mol. The van der Waals surface area contributed by atoms with Crippen LogP contribution < -0.4 is 5.32 Å². The van der Waals surface area contributed by atoms with Gasteiger partial charge in [-0.05, 0) is 13.3 Å². The maximum atomic E-state index is 5.53. The fourth-order valence-corrected chi connectivity index (χ4v) is 1.69. The largest absolute Gasteiger partial charge is 0.381 e. The third-order valence-corrected chi connectivity index (χ3v) is 2.68. The van der Waals surface area contributed by atoms with Gasteiger partial charge in [0, 0.05) is 31.2 Å². The minimum absolute atomic E-state index is 0.222. The molecule has 0 aliphatic carbocycles. The number of nitrogens with one attached hydrogen (secondary N) is 1. The van der Waals surface area contributed by atoms with Gasteiger partial charge in [-0.15, -0.1) is 0 Å². The average Bonchev–Trinajstić information content (AvgIpc) is 2.61. The molecule has 84 valence electrons. The summed E-state index contributed by atoms with van der Waals surface area (Å²) in [5, 5.41) is 3.48. The van der Waals surface area contributed by atoms with E-state index in [1.54, 1.807) is 0 Å². The van der Waals surface area contributed by atoms with Gasteiger partial charge in [-0.25, -0.2) is 0 Å². The van der Waals surface area contributed by atoms with Crippen LogP contribution in [0, 0.1) is 5.41 Å². The highest BCUT2D eigenvalue weighted by molar-refractivity contribution is 4.85. The first kappa shape index (κ1) is 12.0. The minimum atomic E-state index is 0.222. The second kappa shape index (κ2) is 5.69. The SMILES string of the molecule is CCOCC1(CNC(C)C)CCOC1. The molecule has 1 atom stereocenters. The van der Waals surface area contributed by atoms with E-state index < -0.39 is 0 Å². The number of hydrogen-bond donors (Lipinski definition) is 1. The molecule has 1 rings (SSSR count). The Hall–Kier alpha value is -0.120. The van der Waals surface area contributed by atoms with Gasteiger partial charge in [-0.3, -0.25) is 0 Å². The standard InChI is InChI=1S/C11H23NO2/c1-4-13-8-11(5-6-14-9-11)7-12-10(2)3/h10,12H,4-9H2,1-3H3. The monoisotopic (exact) mass is 201 g/mol.